The predicted molar refractivity (Wildman–Crippen MR) is 74.7 cm³/mol. The van der Waals surface area contributed by atoms with E-state index < -0.39 is 0 Å². The van der Waals surface area contributed by atoms with Gasteiger partial charge in [-0.05, 0) is 25.0 Å². The molecule has 0 aliphatic rings. The molecule has 0 spiro atoms. The van der Waals surface area contributed by atoms with Gasteiger partial charge in [-0.15, -0.1) is 0 Å². The Labute approximate surface area is 109 Å². The van der Waals surface area contributed by atoms with Crippen LogP contribution in [0.25, 0.3) is 0 Å². The Morgan fingerprint density at radius 3 is 2.67 bits per heavy atom. The number of nitrogens with zero attached hydrogens (tertiary/aromatic N) is 2. The molecule has 1 unspecified atom stereocenters. The van der Waals surface area contributed by atoms with Gasteiger partial charge in [0.1, 0.15) is 0 Å². The molecule has 3 N–H and O–H groups in total. The lowest BCUT2D eigenvalue weighted by molar-refractivity contribution is 0.241. The number of aromatic nitrogens is 1. The van der Waals surface area contributed by atoms with Gasteiger partial charge in [0.15, 0.2) is 5.96 Å². The fraction of sp³-hybridized carbons (Fsp3) is 0.615. The van der Waals surface area contributed by atoms with Gasteiger partial charge in [0.05, 0.1) is 0 Å². The molecule has 1 heterocycles. The average molecular weight is 252 g/mol. The van der Waals surface area contributed by atoms with Crippen LogP contribution < -0.4 is 10.6 Å². The van der Waals surface area contributed by atoms with Gasteiger partial charge >= 0.3 is 0 Å². The third-order valence-electron chi connectivity index (χ3n) is 2.55. The third kappa shape index (κ3) is 5.72. The zero-order valence-electron chi connectivity index (χ0n) is 11.3. The second-order valence-electron chi connectivity index (χ2n) is 4.36. The zero-order valence-corrected chi connectivity index (χ0v) is 11.3. The molecule has 0 aromatic carbocycles. The van der Waals surface area contributed by atoms with Gasteiger partial charge in [-0.2, -0.15) is 0 Å². The Morgan fingerprint density at radius 1 is 1.33 bits per heavy atom. The second kappa shape index (κ2) is 8.58. The van der Waals surface area contributed by atoms with Crippen molar-refractivity contribution < 1.29 is 5.11 Å². The van der Waals surface area contributed by atoms with Crippen molar-refractivity contribution in [1.29, 1.82) is 0 Å². The summed E-state index contributed by atoms with van der Waals surface area (Å²) >= 11 is 0. The van der Waals surface area contributed by atoms with Gasteiger partial charge in [0.25, 0.3) is 0 Å². The summed E-state index contributed by atoms with van der Waals surface area (Å²) < 4.78 is 2.12. The highest BCUT2D eigenvalue weighted by Gasteiger charge is 2.00. The molecule has 0 saturated heterocycles. The van der Waals surface area contributed by atoms with E-state index >= 15 is 0 Å². The minimum Gasteiger partial charge on any atom is -0.396 e. The first-order valence-electron chi connectivity index (χ1n) is 6.50. The Kier molecular flexibility index (Phi) is 6.94. The SMILES string of the molecule is CCNC(=NCC(C)CO)NCCn1cccc1. The van der Waals surface area contributed by atoms with Gasteiger partial charge in [-0.1, -0.05) is 6.92 Å². The van der Waals surface area contributed by atoms with Crippen LogP contribution in [-0.2, 0) is 6.54 Å². The summed E-state index contributed by atoms with van der Waals surface area (Å²) in [5.74, 6) is 1.01. The van der Waals surface area contributed by atoms with Crippen molar-refractivity contribution in [3.05, 3.63) is 24.5 Å². The number of rotatable bonds is 7. The maximum Gasteiger partial charge on any atom is 0.191 e. The van der Waals surface area contributed by atoms with E-state index in [1.165, 1.54) is 0 Å². The lowest BCUT2D eigenvalue weighted by Gasteiger charge is -2.12. The minimum absolute atomic E-state index is 0.173. The maximum atomic E-state index is 8.97. The van der Waals surface area contributed by atoms with Crippen LogP contribution in [0, 0.1) is 5.92 Å². The van der Waals surface area contributed by atoms with Crippen molar-refractivity contribution in [2.24, 2.45) is 10.9 Å². The van der Waals surface area contributed by atoms with Crippen LogP contribution in [0.15, 0.2) is 29.5 Å². The highest BCUT2D eigenvalue weighted by atomic mass is 16.3. The largest absolute Gasteiger partial charge is 0.396 e. The molecule has 1 aromatic heterocycles. The number of nitrogens with one attached hydrogen (secondary N) is 2. The van der Waals surface area contributed by atoms with Gasteiger partial charge in [0.2, 0.25) is 0 Å². The van der Waals surface area contributed by atoms with E-state index in [1.54, 1.807) is 0 Å². The second-order valence-corrected chi connectivity index (χ2v) is 4.36. The van der Waals surface area contributed by atoms with Crippen LogP contribution >= 0.6 is 0 Å². The summed E-state index contributed by atoms with van der Waals surface area (Å²) in [5.41, 5.74) is 0. The molecular weight excluding hydrogens is 228 g/mol. The third-order valence-corrected chi connectivity index (χ3v) is 2.55. The van der Waals surface area contributed by atoms with Crippen LogP contribution in [0.5, 0.6) is 0 Å². The summed E-state index contributed by atoms with van der Waals surface area (Å²) in [6, 6.07) is 4.03. The molecule has 0 aliphatic carbocycles. The fourth-order valence-corrected chi connectivity index (χ4v) is 1.47. The summed E-state index contributed by atoms with van der Waals surface area (Å²) in [6.45, 7) is 7.40. The molecule has 1 aromatic rings. The normalized spacial score (nSPS) is 13.4. The van der Waals surface area contributed by atoms with Gasteiger partial charge in [-0.3, -0.25) is 4.99 Å². The smallest absolute Gasteiger partial charge is 0.191 e. The van der Waals surface area contributed by atoms with E-state index in [0.717, 1.165) is 25.6 Å². The van der Waals surface area contributed by atoms with Crippen molar-refractivity contribution in [3.63, 3.8) is 0 Å². The van der Waals surface area contributed by atoms with Gasteiger partial charge in [0, 0.05) is 45.2 Å². The Bertz CT molecular complexity index is 335. The van der Waals surface area contributed by atoms with E-state index in [2.05, 4.69) is 20.2 Å². The summed E-state index contributed by atoms with van der Waals surface area (Å²) in [7, 11) is 0. The van der Waals surface area contributed by atoms with E-state index in [4.69, 9.17) is 5.11 Å². The van der Waals surface area contributed by atoms with Crippen molar-refractivity contribution in [2.45, 2.75) is 20.4 Å². The molecule has 102 valence electrons. The van der Waals surface area contributed by atoms with Crippen molar-refractivity contribution in [3.8, 4) is 0 Å². The molecule has 0 bridgehead atoms. The highest BCUT2D eigenvalue weighted by Crippen LogP contribution is 1.92. The molecule has 1 rings (SSSR count). The fourth-order valence-electron chi connectivity index (χ4n) is 1.47. The molecule has 0 fully saturated rings. The molecule has 5 nitrogen and oxygen atoms in total. The molecule has 0 aliphatic heterocycles. The topological polar surface area (TPSA) is 61.6 Å². The molecule has 18 heavy (non-hydrogen) atoms. The monoisotopic (exact) mass is 252 g/mol. The molecular formula is C13H24N4O. The van der Waals surface area contributed by atoms with Crippen LogP contribution in [-0.4, -0.2) is 41.9 Å². The number of aliphatic hydroxyl groups excluding tert-OH is 1. The van der Waals surface area contributed by atoms with Crippen LogP contribution in [0.4, 0.5) is 0 Å². The maximum absolute atomic E-state index is 8.97. The molecule has 0 radical (unpaired) electrons. The Hall–Kier alpha value is -1.49. The first-order chi connectivity index (χ1) is 8.76. The average Bonchev–Trinajstić information content (AvgIpc) is 2.88. The number of aliphatic imine (C=N–C) groups is 1. The molecule has 0 amide bonds. The number of aliphatic hydroxyl groups is 1. The first kappa shape index (κ1) is 14.6. The van der Waals surface area contributed by atoms with Crippen molar-refractivity contribution >= 4 is 5.96 Å². The van der Waals surface area contributed by atoms with E-state index in [-0.39, 0.29) is 12.5 Å². The number of hydrogen-bond acceptors (Lipinski definition) is 2. The zero-order chi connectivity index (χ0) is 13.2. The number of guanidine groups is 1. The summed E-state index contributed by atoms with van der Waals surface area (Å²) in [5, 5.41) is 15.4. The van der Waals surface area contributed by atoms with Crippen molar-refractivity contribution in [2.75, 3.05) is 26.2 Å². The van der Waals surface area contributed by atoms with Crippen LogP contribution in [0.3, 0.4) is 0 Å². The van der Waals surface area contributed by atoms with Crippen molar-refractivity contribution in [1.82, 2.24) is 15.2 Å². The van der Waals surface area contributed by atoms with Crippen LogP contribution in [0.1, 0.15) is 13.8 Å². The number of hydrogen-bond donors (Lipinski definition) is 3. The molecule has 0 saturated carbocycles. The van der Waals surface area contributed by atoms with E-state index in [0.29, 0.717) is 6.54 Å². The van der Waals surface area contributed by atoms with Gasteiger partial charge < -0.3 is 20.3 Å². The van der Waals surface area contributed by atoms with E-state index in [1.807, 2.05) is 38.4 Å². The van der Waals surface area contributed by atoms with Crippen LogP contribution in [0.2, 0.25) is 0 Å². The predicted octanol–water partition coefficient (Wildman–Crippen LogP) is 0.672. The molecule has 1 atom stereocenters. The van der Waals surface area contributed by atoms with Gasteiger partial charge in [-0.25, -0.2) is 0 Å². The minimum atomic E-state index is 0.173. The highest BCUT2D eigenvalue weighted by molar-refractivity contribution is 5.79. The summed E-state index contributed by atoms with van der Waals surface area (Å²) in [6.07, 6.45) is 4.08. The first-order valence-corrected chi connectivity index (χ1v) is 6.50. The Balaban J connectivity index is 2.32. The lowest BCUT2D eigenvalue weighted by Crippen LogP contribution is -2.39. The summed E-state index contributed by atoms with van der Waals surface area (Å²) in [4.78, 5) is 4.43. The lowest BCUT2D eigenvalue weighted by atomic mass is 10.2. The standard InChI is InChI=1S/C13H24N4O/c1-3-14-13(16-10-12(2)11-18)15-6-9-17-7-4-5-8-17/h4-5,7-8,12,18H,3,6,9-11H2,1-2H3,(H2,14,15,16). The Morgan fingerprint density at radius 2 is 2.06 bits per heavy atom. The quantitative estimate of drug-likeness (QED) is 0.494. The molecule has 5 heteroatoms. The van der Waals surface area contributed by atoms with E-state index in [9.17, 15) is 0 Å².